The van der Waals surface area contributed by atoms with Crippen LogP contribution >= 0.6 is 0 Å². The van der Waals surface area contributed by atoms with Crippen molar-refractivity contribution in [2.45, 2.75) is 43.1 Å². The molecule has 1 fully saturated rings. The smallest absolute Gasteiger partial charge is 0.175 e. The van der Waals surface area contributed by atoms with Gasteiger partial charge in [-0.25, -0.2) is 8.42 Å². The summed E-state index contributed by atoms with van der Waals surface area (Å²) >= 11 is 0. The lowest BCUT2D eigenvalue weighted by molar-refractivity contribution is 0.141. The van der Waals surface area contributed by atoms with Gasteiger partial charge in [-0.15, -0.1) is 0 Å². The summed E-state index contributed by atoms with van der Waals surface area (Å²) in [7, 11) is -3.17. The van der Waals surface area contributed by atoms with Crippen molar-refractivity contribution in [3.63, 3.8) is 0 Å². The third-order valence-corrected chi connectivity index (χ3v) is 6.56. The van der Waals surface area contributed by atoms with Crippen LogP contribution in [0.4, 0.5) is 0 Å². The van der Waals surface area contributed by atoms with Crippen molar-refractivity contribution in [1.82, 2.24) is 0 Å². The number of hydrogen-bond donors (Lipinski definition) is 0. The Morgan fingerprint density at radius 3 is 2.40 bits per heavy atom. The number of benzene rings is 2. The van der Waals surface area contributed by atoms with Crippen molar-refractivity contribution in [3.8, 4) is 5.75 Å². The summed E-state index contributed by atoms with van der Waals surface area (Å²) in [6.07, 6.45) is 7.64. The van der Waals surface area contributed by atoms with Crippen LogP contribution in [-0.2, 0) is 16.3 Å². The van der Waals surface area contributed by atoms with Crippen molar-refractivity contribution >= 4 is 9.84 Å². The van der Waals surface area contributed by atoms with Crippen molar-refractivity contribution in [2.24, 2.45) is 11.8 Å². The second-order valence-corrected chi connectivity index (χ2v) is 9.48. The van der Waals surface area contributed by atoms with E-state index in [1.807, 2.05) is 0 Å². The van der Waals surface area contributed by atoms with Crippen LogP contribution in [0.3, 0.4) is 0 Å². The summed E-state index contributed by atoms with van der Waals surface area (Å²) in [5, 5.41) is 0. The fourth-order valence-electron chi connectivity index (χ4n) is 3.82. The predicted octanol–water partition coefficient (Wildman–Crippen LogP) is 4.57. The number of rotatable bonds is 6. The van der Waals surface area contributed by atoms with Gasteiger partial charge in [0.05, 0.1) is 4.90 Å². The minimum atomic E-state index is -3.17. The highest BCUT2D eigenvalue weighted by molar-refractivity contribution is 7.90. The second kappa shape index (κ2) is 6.49. The first-order chi connectivity index (χ1) is 12.0. The quantitative estimate of drug-likeness (QED) is 0.761. The molecule has 0 amide bonds. The van der Waals surface area contributed by atoms with Crippen molar-refractivity contribution < 1.29 is 13.2 Å². The Bertz CT molecular complexity index is 851. The summed E-state index contributed by atoms with van der Waals surface area (Å²) in [6.45, 7) is 0. The molecule has 1 saturated carbocycles. The molecule has 0 bridgehead atoms. The van der Waals surface area contributed by atoms with Gasteiger partial charge in [0.1, 0.15) is 11.9 Å². The third-order valence-electron chi connectivity index (χ3n) is 5.43. The third kappa shape index (κ3) is 3.74. The predicted molar refractivity (Wildman–Crippen MR) is 98.5 cm³/mol. The Morgan fingerprint density at radius 1 is 1.00 bits per heavy atom. The monoisotopic (exact) mass is 356 g/mol. The van der Waals surface area contributed by atoms with E-state index in [9.17, 15) is 8.42 Å². The topological polar surface area (TPSA) is 43.4 Å². The minimum Gasteiger partial charge on any atom is -0.485 e. The summed E-state index contributed by atoms with van der Waals surface area (Å²) in [5.74, 6) is 2.18. The van der Waals surface area contributed by atoms with E-state index in [-0.39, 0.29) is 6.10 Å². The molecule has 0 aromatic heterocycles. The molecular formula is C21H24O3S. The Hall–Kier alpha value is -1.81. The van der Waals surface area contributed by atoms with Crippen LogP contribution < -0.4 is 4.74 Å². The summed E-state index contributed by atoms with van der Waals surface area (Å²) in [4.78, 5) is 0.331. The lowest BCUT2D eigenvalue weighted by Gasteiger charge is -2.22. The van der Waals surface area contributed by atoms with E-state index in [0.29, 0.717) is 10.8 Å². The van der Waals surface area contributed by atoms with E-state index in [0.717, 1.165) is 18.1 Å². The number of ether oxygens (including phenoxy) is 1. The maximum Gasteiger partial charge on any atom is 0.175 e. The van der Waals surface area contributed by atoms with Gasteiger partial charge in [-0.05, 0) is 54.2 Å². The highest BCUT2D eigenvalue weighted by Gasteiger charge is 2.35. The van der Waals surface area contributed by atoms with E-state index in [1.54, 1.807) is 24.3 Å². The molecule has 4 heteroatoms. The lowest BCUT2D eigenvalue weighted by atomic mass is 9.96. The average Bonchev–Trinajstić information content (AvgIpc) is 3.36. The van der Waals surface area contributed by atoms with Crippen molar-refractivity contribution in [1.29, 1.82) is 0 Å². The number of sulfone groups is 1. The van der Waals surface area contributed by atoms with Gasteiger partial charge in [0, 0.05) is 12.2 Å². The summed E-state index contributed by atoms with van der Waals surface area (Å²) < 4.78 is 29.6. The van der Waals surface area contributed by atoms with Crippen LogP contribution in [0.1, 0.15) is 42.9 Å². The first-order valence-electron chi connectivity index (χ1n) is 9.05. The molecule has 0 heterocycles. The van der Waals surface area contributed by atoms with E-state index >= 15 is 0 Å². The molecule has 2 aliphatic rings. The molecule has 2 aromatic rings. The lowest BCUT2D eigenvalue weighted by Crippen LogP contribution is -2.15. The highest BCUT2D eigenvalue weighted by atomic mass is 32.2. The maximum atomic E-state index is 11.6. The molecule has 3 nitrogen and oxygen atoms in total. The van der Waals surface area contributed by atoms with E-state index < -0.39 is 9.84 Å². The zero-order chi connectivity index (χ0) is 17.4. The Kier molecular flexibility index (Phi) is 4.32. The van der Waals surface area contributed by atoms with Gasteiger partial charge in [-0.1, -0.05) is 43.5 Å². The van der Waals surface area contributed by atoms with Gasteiger partial charge in [-0.3, -0.25) is 0 Å². The fourth-order valence-corrected chi connectivity index (χ4v) is 4.45. The highest BCUT2D eigenvalue weighted by Crippen LogP contribution is 2.44. The zero-order valence-corrected chi connectivity index (χ0v) is 15.3. The average molecular weight is 356 g/mol. The van der Waals surface area contributed by atoms with E-state index in [2.05, 4.69) is 24.3 Å². The standard InChI is InChI=1S/C21H24O3S/c1-25(22,23)19-12-10-18(11-13-19)24-21-17(9-8-15-6-7-15)14-16-4-2-3-5-20(16)21/h2-5,10-13,15,17,21H,6-9,14H2,1H3. The van der Waals surface area contributed by atoms with Crippen LogP contribution in [0.25, 0.3) is 0 Å². The van der Waals surface area contributed by atoms with Gasteiger partial charge >= 0.3 is 0 Å². The summed E-state index contributed by atoms with van der Waals surface area (Å²) in [6, 6.07) is 15.4. The van der Waals surface area contributed by atoms with Gasteiger partial charge in [-0.2, -0.15) is 0 Å². The Balaban J connectivity index is 1.54. The van der Waals surface area contributed by atoms with Crippen molar-refractivity contribution in [3.05, 3.63) is 59.7 Å². The Labute approximate surface area is 150 Å². The molecule has 2 aliphatic carbocycles. The number of hydrogen-bond acceptors (Lipinski definition) is 3. The van der Waals surface area contributed by atoms with Gasteiger partial charge in [0.15, 0.2) is 9.84 Å². The largest absolute Gasteiger partial charge is 0.485 e. The van der Waals surface area contributed by atoms with Crippen LogP contribution in [-0.4, -0.2) is 14.7 Å². The minimum absolute atomic E-state index is 0.0685. The molecule has 2 atom stereocenters. The van der Waals surface area contributed by atoms with Gasteiger partial charge in [0.2, 0.25) is 0 Å². The van der Waals surface area contributed by atoms with Crippen LogP contribution in [0.15, 0.2) is 53.4 Å². The van der Waals surface area contributed by atoms with E-state index in [1.165, 1.54) is 43.1 Å². The normalized spacial score (nSPS) is 22.6. The first kappa shape index (κ1) is 16.6. The molecule has 0 saturated heterocycles. The molecule has 0 N–H and O–H groups in total. The van der Waals surface area contributed by atoms with Crippen LogP contribution in [0, 0.1) is 11.8 Å². The summed E-state index contributed by atoms with van der Waals surface area (Å²) in [5.41, 5.74) is 2.68. The molecule has 0 aliphatic heterocycles. The molecule has 25 heavy (non-hydrogen) atoms. The molecule has 0 radical (unpaired) electrons. The number of fused-ring (bicyclic) bond motifs is 1. The van der Waals surface area contributed by atoms with Crippen LogP contribution in [0.2, 0.25) is 0 Å². The van der Waals surface area contributed by atoms with Crippen molar-refractivity contribution in [2.75, 3.05) is 6.26 Å². The van der Waals surface area contributed by atoms with Gasteiger partial charge in [0.25, 0.3) is 0 Å². The molecule has 2 unspecified atom stereocenters. The molecule has 132 valence electrons. The molecule has 4 rings (SSSR count). The molecule has 0 spiro atoms. The van der Waals surface area contributed by atoms with Crippen LogP contribution in [0.5, 0.6) is 5.75 Å². The zero-order valence-electron chi connectivity index (χ0n) is 14.5. The molecule has 2 aromatic carbocycles. The maximum absolute atomic E-state index is 11.6. The SMILES string of the molecule is CS(=O)(=O)c1ccc(OC2c3ccccc3CC2CCC2CC2)cc1. The molecular weight excluding hydrogens is 332 g/mol. The first-order valence-corrected chi connectivity index (χ1v) is 10.9. The van der Waals surface area contributed by atoms with E-state index in [4.69, 9.17) is 4.74 Å². The fraction of sp³-hybridized carbons (Fsp3) is 0.429. The second-order valence-electron chi connectivity index (χ2n) is 7.47. The van der Waals surface area contributed by atoms with Gasteiger partial charge < -0.3 is 4.74 Å². The Morgan fingerprint density at radius 2 is 1.72 bits per heavy atom.